The van der Waals surface area contributed by atoms with Crippen molar-refractivity contribution in [3.63, 3.8) is 0 Å². The van der Waals surface area contributed by atoms with E-state index in [4.69, 9.17) is 9.98 Å². The second-order valence-electron chi connectivity index (χ2n) is 33.6. The lowest BCUT2D eigenvalue weighted by molar-refractivity contribution is 0.590. The lowest BCUT2D eigenvalue weighted by Gasteiger charge is -2.26. The molecule has 0 N–H and O–H groups in total. The van der Waals surface area contributed by atoms with E-state index in [1.54, 1.807) is 0 Å². The Morgan fingerprint density at radius 2 is 0.724 bits per heavy atom. The van der Waals surface area contributed by atoms with Crippen LogP contribution in [0.1, 0.15) is 128 Å². The van der Waals surface area contributed by atoms with E-state index < -0.39 is 0 Å². The summed E-state index contributed by atoms with van der Waals surface area (Å²) in [6.45, 7) is 30.5. The van der Waals surface area contributed by atoms with Gasteiger partial charge in [0.05, 0.1) is 72.8 Å². The highest BCUT2D eigenvalue weighted by atomic mass is 15.2. The SMILES string of the molecule is Cc1c(-n2c3ccc(C(C)(C)C)cc3c3cc(C(C)(C)C)ccc32)c(-c2ccc3c(c2)C2C(=Nc4ccc(-c5ccccc5)cc42)N3c2ccccc2)cc(-c2ccc3c(c2)n2c4cc(-c5ccccc5)ccc4nc2n3-c2ccccc2)c1-n1c2ccc(C(C)(C)C)cc2c2cc(C(C)(C)C)ccc21. The lowest BCUT2D eigenvalue weighted by Crippen LogP contribution is -2.22. The van der Waals surface area contributed by atoms with Gasteiger partial charge in [-0.2, -0.15) is 0 Å². The molecule has 1 atom stereocenters. The standard InChI is InChI=1S/C98H85N7/c1-59-91(103-82-46-38-66(95(2,3)4)54-74(82)75-55-67(96(5,6)7)39-47-83(75)103)72(64-36-44-86-79(51-64)90-78-50-62(60-26-18-14-19-27-60)34-42-80(78)99-93(90)101(86)70-30-22-16-23-31-70)58-73(92(59)104-84-48-40-68(97(8,9)10)56-76(84)77-57-69(98(11,12)13)41-49-85(77)104)65-37-45-87-89(53-65)105-88-52-63(61-28-20-15-21-29-61)35-43-81(88)100-94(105)102(87)71-32-24-17-25-33-71/h14-58,90H,1-13H3. The van der Waals surface area contributed by atoms with Crippen LogP contribution < -0.4 is 4.90 Å². The maximum Gasteiger partial charge on any atom is 0.220 e. The summed E-state index contributed by atoms with van der Waals surface area (Å²) in [5, 5.41) is 4.96. The van der Waals surface area contributed by atoms with Crippen LogP contribution in [0.4, 0.5) is 17.1 Å². The monoisotopic (exact) mass is 1360 g/mol. The summed E-state index contributed by atoms with van der Waals surface area (Å²) in [7, 11) is 0. The fourth-order valence-electron chi connectivity index (χ4n) is 17.1. The lowest BCUT2D eigenvalue weighted by atomic mass is 9.85. The molecule has 512 valence electrons. The number of aliphatic imine (C=N–C) groups is 1. The molecule has 0 fully saturated rings. The van der Waals surface area contributed by atoms with Gasteiger partial charge in [0.2, 0.25) is 5.78 Å². The quantitative estimate of drug-likeness (QED) is 0.152. The number of hydrogen-bond donors (Lipinski definition) is 0. The Labute approximate surface area is 614 Å². The number of nitrogens with zero attached hydrogens (tertiary/aromatic N) is 7. The second-order valence-corrected chi connectivity index (χ2v) is 33.6. The number of benzene rings is 13. The van der Waals surface area contributed by atoms with E-state index in [1.165, 1.54) is 66.1 Å². The van der Waals surface area contributed by atoms with E-state index in [-0.39, 0.29) is 27.6 Å². The highest BCUT2D eigenvalue weighted by Gasteiger charge is 2.43. The van der Waals surface area contributed by atoms with E-state index in [9.17, 15) is 0 Å². The van der Waals surface area contributed by atoms with Crippen molar-refractivity contribution in [2.45, 2.75) is 118 Å². The molecule has 17 aromatic rings. The Hall–Kier alpha value is -11.8. The predicted molar refractivity (Wildman–Crippen MR) is 443 cm³/mol. The number of hydrogen-bond acceptors (Lipinski definition) is 3. The molecule has 1 unspecified atom stereocenters. The van der Waals surface area contributed by atoms with Crippen LogP contribution in [0.25, 0.3) is 133 Å². The average Bonchev–Trinajstić information content (AvgIpc) is 1.59. The highest BCUT2D eigenvalue weighted by Crippen LogP contribution is 2.55. The van der Waals surface area contributed by atoms with Gasteiger partial charge in [-0.25, -0.2) is 9.98 Å². The minimum atomic E-state index is -0.138. The van der Waals surface area contributed by atoms with Crippen molar-refractivity contribution >= 4 is 94.4 Å². The van der Waals surface area contributed by atoms with Crippen LogP contribution in [0.2, 0.25) is 0 Å². The fraction of sp³-hybridized carbons (Fsp3) is 0.184. The Bertz CT molecular complexity index is 6340. The molecule has 0 bridgehead atoms. The number of fused-ring (bicyclic) bond motifs is 16. The molecule has 0 amide bonds. The molecule has 0 aliphatic carbocycles. The van der Waals surface area contributed by atoms with Crippen LogP contribution in [-0.2, 0) is 21.7 Å². The van der Waals surface area contributed by atoms with Crippen molar-refractivity contribution in [3.05, 3.63) is 312 Å². The van der Waals surface area contributed by atoms with E-state index in [1.807, 2.05) is 0 Å². The molecule has 0 saturated carbocycles. The molecule has 2 aliphatic rings. The summed E-state index contributed by atoms with van der Waals surface area (Å²) < 4.78 is 10.0. The van der Waals surface area contributed by atoms with Crippen LogP contribution in [0.5, 0.6) is 0 Å². The van der Waals surface area contributed by atoms with Crippen molar-refractivity contribution < 1.29 is 0 Å². The number of para-hydroxylation sites is 2. The van der Waals surface area contributed by atoms with Gasteiger partial charge in [0.25, 0.3) is 0 Å². The van der Waals surface area contributed by atoms with Gasteiger partial charge in [-0.05, 0) is 228 Å². The van der Waals surface area contributed by atoms with Gasteiger partial charge in [-0.1, -0.05) is 229 Å². The summed E-state index contributed by atoms with van der Waals surface area (Å²) in [4.78, 5) is 13.6. The molecule has 7 heteroatoms. The number of imidazole rings is 2. The van der Waals surface area contributed by atoms with Gasteiger partial charge in [0.1, 0.15) is 5.84 Å². The first-order valence-electron chi connectivity index (χ1n) is 37.2. The molecule has 4 aromatic heterocycles. The summed E-state index contributed by atoms with van der Waals surface area (Å²) >= 11 is 0. The third-order valence-corrected chi connectivity index (χ3v) is 22.8. The van der Waals surface area contributed by atoms with Gasteiger partial charge in [0.15, 0.2) is 0 Å². The third kappa shape index (κ3) is 10.1. The predicted octanol–water partition coefficient (Wildman–Crippen LogP) is 26.1. The summed E-state index contributed by atoms with van der Waals surface area (Å²) in [5.41, 5.74) is 32.8. The van der Waals surface area contributed by atoms with Crippen molar-refractivity contribution in [3.8, 4) is 61.6 Å². The first-order valence-corrected chi connectivity index (χ1v) is 37.2. The Balaban J connectivity index is 0.977. The molecular formula is C98H85N7. The number of anilines is 2. The topological polar surface area (TPSA) is 47.7 Å². The first kappa shape index (κ1) is 64.1. The molecule has 6 heterocycles. The smallest absolute Gasteiger partial charge is 0.220 e. The summed E-state index contributed by atoms with van der Waals surface area (Å²) in [6.07, 6.45) is 0. The third-order valence-electron chi connectivity index (χ3n) is 22.8. The van der Waals surface area contributed by atoms with Crippen LogP contribution in [0.3, 0.4) is 0 Å². The molecule has 0 saturated heterocycles. The average molecular weight is 1360 g/mol. The van der Waals surface area contributed by atoms with E-state index in [0.717, 1.165) is 129 Å². The van der Waals surface area contributed by atoms with Crippen LogP contribution in [-0.4, -0.2) is 28.9 Å². The number of aromatic nitrogens is 5. The van der Waals surface area contributed by atoms with Gasteiger partial charge in [-0.3, -0.25) is 13.9 Å². The number of rotatable bonds is 8. The molecule has 0 radical (unpaired) electrons. The van der Waals surface area contributed by atoms with Crippen molar-refractivity contribution in [1.29, 1.82) is 0 Å². The molecule has 2 aliphatic heterocycles. The van der Waals surface area contributed by atoms with Gasteiger partial charge in [0, 0.05) is 44.0 Å². The zero-order valence-corrected chi connectivity index (χ0v) is 62.2. The summed E-state index contributed by atoms with van der Waals surface area (Å²) in [6, 6.07) is 103. The summed E-state index contributed by atoms with van der Waals surface area (Å²) in [5.74, 6) is 1.74. The van der Waals surface area contributed by atoms with E-state index in [0.29, 0.717) is 0 Å². The van der Waals surface area contributed by atoms with Crippen LogP contribution >= 0.6 is 0 Å². The van der Waals surface area contributed by atoms with Crippen molar-refractivity contribution in [2.24, 2.45) is 4.99 Å². The van der Waals surface area contributed by atoms with Crippen molar-refractivity contribution in [1.82, 2.24) is 23.1 Å². The second kappa shape index (κ2) is 23.1. The van der Waals surface area contributed by atoms with Gasteiger partial charge >= 0.3 is 0 Å². The van der Waals surface area contributed by atoms with Gasteiger partial charge < -0.3 is 9.13 Å². The zero-order valence-electron chi connectivity index (χ0n) is 62.2. The van der Waals surface area contributed by atoms with Gasteiger partial charge in [-0.15, -0.1) is 0 Å². The fourth-order valence-corrected chi connectivity index (χ4v) is 17.1. The van der Waals surface area contributed by atoms with Crippen molar-refractivity contribution in [2.75, 3.05) is 4.90 Å². The minimum Gasteiger partial charge on any atom is -0.308 e. The Morgan fingerprint density at radius 3 is 1.22 bits per heavy atom. The van der Waals surface area contributed by atoms with Crippen LogP contribution in [0, 0.1) is 6.92 Å². The molecule has 7 nitrogen and oxygen atoms in total. The number of amidine groups is 1. The zero-order chi connectivity index (χ0) is 71.9. The van der Waals surface area contributed by atoms with E-state index >= 15 is 0 Å². The molecule has 19 rings (SSSR count). The highest BCUT2D eigenvalue weighted by molar-refractivity contribution is 6.19. The van der Waals surface area contributed by atoms with E-state index in [2.05, 4.69) is 386 Å². The van der Waals surface area contributed by atoms with Crippen LogP contribution in [0.15, 0.2) is 278 Å². The molecule has 13 aromatic carbocycles. The Morgan fingerprint density at radius 1 is 0.314 bits per heavy atom. The largest absolute Gasteiger partial charge is 0.308 e. The molecule has 0 spiro atoms. The maximum atomic E-state index is 5.62. The molecular weight excluding hydrogens is 1280 g/mol. The first-order chi connectivity index (χ1) is 50.5. The normalized spacial score (nSPS) is 14.1. The maximum absolute atomic E-state index is 5.62. The minimum absolute atomic E-state index is 0.0980. The molecule has 105 heavy (non-hydrogen) atoms. The Kier molecular flexibility index (Phi) is 14.1.